The summed E-state index contributed by atoms with van der Waals surface area (Å²) in [6, 6.07) is 5.47. The van der Waals surface area contributed by atoms with E-state index >= 15 is 0 Å². The molecule has 0 bridgehead atoms. The summed E-state index contributed by atoms with van der Waals surface area (Å²) in [4.78, 5) is 23.7. The maximum Gasteiger partial charge on any atom is 0.251 e. The van der Waals surface area contributed by atoms with Gasteiger partial charge in [-0.05, 0) is 51.5 Å². The minimum atomic E-state index is -0.299. The lowest BCUT2D eigenvalue weighted by atomic mass is 10.1. The van der Waals surface area contributed by atoms with E-state index in [2.05, 4.69) is 16.0 Å². The largest absolute Gasteiger partial charge is 0.388 e. The van der Waals surface area contributed by atoms with Crippen molar-refractivity contribution in [3.8, 4) is 0 Å². The average Bonchev–Trinajstić information content (AvgIpc) is 2.33. The molecule has 0 heterocycles. The zero-order chi connectivity index (χ0) is 15.3. The van der Waals surface area contributed by atoms with E-state index in [0.29, 0.717) is 5.56 Å². The third kappa shape index (κ3) is 4.91. The van der Waals surface area contributed by atoms with Crippen molar-refractivity contribution in [1.29, 1.82) is 0 Å². The van der Waals surface area contributed by atoms with Crippen LogP contribution < -0.4 is 16.0 Å². The highest BCUT2D eigenvalue weighted by Crippen LogP contribution is 2.14. The van der Waals surface area contributed by atoms with Crippen molar-refractivity contribution >= 4 is 17.5 Å². The Morgan fingerprint density at radius 2 is 1.85 bits per heavy atom. The Morgan fingerprint density at radius 1 is 1.20 bits per heavy atom. The Morgan fingerprint density at radius 3 is 2.35 bits per heavy atom. The Balaban J connectivity index is 2.61. The molecule has 20 heavy (non-hydrogen) atoms. The molecule has 1 aromatic rings. The van der Waals surface area contributed by atoms with E-state index in [9.17, 15) is 9.59 Å². The molecule has 0 radical (unpaired) electrons. The molecule has 0 spiro atoms. The lowest BCUT2D eigenvalue weighted by molar-refractivity contribution is -0.121. The first-order chi connectivity index (χ1) is 9.23. The molecule has 5 heteroatoms. The van der Waals surface area contributed by atoms with Gasteiger partial charge in [-0.25, -0.2) is 0 Å². The number of benzene rings is 1. The van der Waals surface area contributed by atoms with E-state index in [1.165, 1.54) is 0 Å². The van der Waals surface area contributed by atoms with Crippen LogP contribution in [0.25, 0.3) is 0 Å². The van der Waals surface area contributed by atoms with Crippen LogP contribution in [0.2, 0.25) is 0 Å². The van der Waals surface area contributed by atoms with E-state index in [1.54, 1.807) is 6.07 Å². The number of carbonyl (C=O) groups is 2. The topological polar surface area (TPSA) is 70.2 Å². The van der Waals surface area contributed by atoms with E-state index in [0.717, 1.165) is 11.3 Å². The molecule has 0 aliphatic rings. The van der Waals surface area contributed by atoms with Crippen LogP contribution in [0.3, 0.4) is 0 Å². The Bertz CT molecular complexity index is 504. The highest BCUT2D eigenvalue weighted by molar-refractivity contribution is 5.98. The molecule has 5 nitrogen and oxygen atoms in total. The first-order valence-electron chi connectivity index (χ1n) is 6.60. The maximum atomic E-state index is 12.0. The Kier molecular flexibility index (Phi) is 5.13. The Labute approximate surface area is 120 Å². The normalized spacial score (nSPS) is 10.8. The van der Waals surface area contributed by atoms with Crippen LogP contribution in [0.1, 0.15) is 36.7 Å². The van der Waals surface area contributed by atoms with E-state index in [-0.39, 0.29) is 23.9 Å². The molecule has 0 aliphatic carbocycles. The molecule has 0 saturated heterocycles. The van der Waals surface area contributed by atoms with E-state index in [4.69, 9.17) is 0 Å². The van der Waals surface area contributed by atoms with Crippen molar-refractivity contribution in [2.75, 3.05) is 18.9 Å². The van der Waals surface area contributed by atoms with Gasteiger partial charge >= 0.3 is 0 Å². The van der Waals surface area contributed by atoms with Crippen molar-refractivity contribution in [1.82, 2.24) is 10.6 Å². The van der Waals surface area contributed by atoms with Crippen molar-refractivity contribution in [2.24, 2.45) is 0 Å². The number of anilines is 1. The molecule has 0 aliphatic heterocycles. The fourth-order valence-corrected chi connectivity index (χ4v) is 1.79. The molecule has 0 unspecified atom stereocenters. The fourth-order valence-electron chi connectivity index (χ4n) is 1.79. The summed E-state index contributed by atoms with van der Waals surface area (Å²) in [5, 5.41) is 8.44. The fraction of sp³-hybridized carbons (Fsp3) is 0.467. The summed E-state index contributed by atoms with van der Waals surface area (Å²) >= 11 is 0. The first-order valence-corrected chi connectivity index (χ1v) is 6.60. The lowest BCUT2D eigenvalue weighted by Crippen LogP contribution is -2.45. The van der Waals surface area contributed by atoms with Gasteiger partial charge in [0.2, 0.25) is 5.91 Å². The third-order valence-electron chi connectivity index (χ3n) is 2.68. The van der Waals surface area contributed by atoms with Crippen LogP contribution >= 0.6 is 0 Å². The van der Waals surface area contributed by atoms with Crippen LogP contribution in [0.15, 0.2) is 18.2 Å². The van der Waals surface area contributed by atoms with Crippen LogP contribution in [0.5, 0.6) is 0 Å². The summed E-state index contributed by atoms with van der Waals surface area (Å²) in [5.41, 5.74) is 2.09. The second kappa shape index (κ2) is 6.41. The van der Waals surface area contributed by atoms with E-state index < -0.39 is 0 Å². The molecule has 2 amide bonds. The average molecular weight is 277 g/mol. The van der Waals surface area contributed by atoms with Gasteiger partial charge in [-0.2, -0.15) is 0 Å². The van der Waals surface area contributed by atoms with Crippen molar-refractivity contribution in [2.45, 2.75) is 33.2 Å². The van der Waals surface area contributed by atoms with Gasteiger partial charge in [0.05, 0.1) is 6.54 Å². The lowest BCUT2D eigenvalue weighted by Gasteiger charge is -2.20. The third-order valence-corrected chi connectivity index (χ3v) is 2.68. The number of hydrogen-bond acceptors (Lipinski definition) is 3. The SMILES string of the molecule is CNc1ccc(C(=O)NCC(=O)NC(C)(C)C)c(C)c1. The quantitative estimate of drug-likeness (QED) is 0.784. The molecular formula is C15H23N3O2. The highest BCUT2D eigenvalue weighted by atomic mass is 16.2. The molecule has 0 atom stereocenters. The monoisotopic (exact) mass is 277 g/mol. The number of nitrogens with one attached hydrogen (secondary N) is 3. The van der Waals surface area contributed by atoms with E-state index in [1.807, 2.05) is 46.9 Å². The van der Waals surface area contributed by atoms with Crippen molar-refractivity contribution in [3.05, 3.63) is 29.3 Å². The molecule has 110 valence electrons. The van der Waals surface area contributed by atoms with Gasteiger partial charge in [0, 0.05) is 23.8 Å². The molecule has 0 saturated carbocycles. The van der Waals surface area contributed by atoms with Gasteiger partial charge < -0.3 is 16.0 Å². The summed E-state index contributed by atoms with van der Waals surface area (Å²) in [6.07, 6.45) is 0. The summed E-state index contributed by atoms with van der Waals surface area (Å²) < 4.78 is 0. The van der Waals surface area contributed by atoms with Gasteiger partial charge in [0.15, 0.2) is 0 Å². The molecule has 1 rings (SSSR count). The van der Waals surface area contributed by atoms with Gasteiger partial charge in [-0.15, -0.1) is 0 Å². The van der Waals surface area contributed by atoms with Crippen LogP contribution in [0, 0.1) is 6.92 Å². The molecule has 3 N–H and O–H groups in total. The standard InChI is InChI=1S/C15H23N3O2/c1-10-8-11(16-5)6-7-12(10)14(20)17-9-13(19)18-15(2,3)4/h6-8,16H,9H2,1-5H3,(H,17,20)(H,18,19). The van der Waals surface area contributed by atoms with Crippen LogP contribution in [-0.4, -0.2) is 30.9 Å². The minimum absolute atomic E-state index is 0.0245. The molecule has 0 aromatic heterocycles. The number of aryl methyl sites for hydroxylation is 1. The summed E-state index contributed by atoms with van der Waals surface area (Å²) in [7, 11) is 1.82. The molecule has 1 aromatic carbocycles. The highest BCUT2D eigenvalue weighted by Gasteiger charge is 2.15. The smallest absolute Gasteiger partial charge is 0.251 e. The van der Waals surface area contributed by atoms with Crippen molar-refractivity contribution < 1.29 is 9.59 Å². The summed E-state index contributed by atoms with van der Waals surface area (Å²) in [5.74, 6) is -0.440. The van der Waals surface area contributed by atoms with Gasteiger partial charge in [-0.3, -0.25) is 9.59 Å². The van der Waals surface area contributed by atoms with Gasteiger partial charge in [0.25, 0.3) is 5.91 Å². The zero-order valence-corrected chi connectivity index (χ0v) is 12.8. The summed E-state index contributed by atoms with van der Waals surface area (Å²) in [6.45, 7) is 7.53. The molecule has 0 fully saturated rings. The second-order valence-electron chi connectivity index (χ2n) is 5.76. The van der Waals surface area contributed by atoms with Gasteiger partial charge in [-0.1, -0.05) is 0 Å². The number of amides is 2. The number of rotatable bonds is 4. The minimum Gasteiger partial charge on any atom is -0.388 e. The first kappa shape index (κ1) is 16.0. The van der Waals surface area contributed by atoms with Crippen LogP contribution in [0.4, 0.5) is 5.69 Å². The zero-order valence-electron chi connectivity index (χ0n) is 12.8. The van der Waals surface area contributed by atoms with Crippen molar-refractivity contribution in [3.63, 3.8) is 0 Å². The molecular weight excluding hydrogens is 254 g/mol. The predicted molar refractivity (Wildman–Crippen MR) is 81.0 cm³/mol. The van der Waals surface area contributed by atoms with Gasteiger partial charge in [0.1, 0.15) is 0 Å². The number of carbonyl (C=O) groups excluding carboxylic acids is 2. The van der Waals surface area contributed by atoms with Crippen LogP contribution in [-0.2, 0) is 4.79 Å². The predicted octanol–water partition coefficient (Wildman–Crippen LogP) is 1.68. The second-order valence-corrected chi connectivity index (χ2v) is 5.76. The number of hydrogen-bond donors (Lipinski definition) is 3. The maximum absolute atomic E-state index is 12.0. The Hall–Kier alpha value is -2.04.